The van der Waals surface area contributed by atoms with Gasteiger partial charge in [-0.25, -0.2) is 4.79 Å². The third kappa shape index (κ3) is 4.47. The lowest BCUT2D eigenvalue weighted by Crippen LogP contribution is -1.98. The minimum atomic E-state index is -1.02. The fraction of sp³-hybridized carbons (Fsp3) is 0.0870. The number of rotatable bonds is 7. The molecule has 0 atom stereocenters. The average Bonchev–Trinajstić information content (AvgIpc) is 3.19. The highest BCUT2D eigenvalue weighted by Crippen LogP contribution is 2.35. The van der Waals surface area contributed by atoms with E-state index in [-0.39, 0.29) is 5.56 Å². The number of hydrogen-bond acceptors (Lipinski definition) is 6. The van der Waals surface area contributed by atoms with Crippen LogP contribution in [0.3, 0.4) is 0 Å². The summed E-state index contributed by atoms with van der Waals surface area (Å²) in [6, 6.07) is 21.2. The summed E-state index contributed by atoms with van der Waals surface area (Å²) < 4.78 is 17.4. The smallest absolute Gasteiger partial charge is 0.335 e. The molecule has 7 heteroatoms. The van der Waals surface area contributed by atoms with E-state index in [0.29, 0.717) is 41.2 Å². The molecule has 150 valence electrons. The van der Waals surface area contributed by atoms with Gasteiger partial charge in [-0.3, -0.25) is 0 Å². The van der Waals surface area contributed by atoms with Gasteiger partial charge in [0.1, 0.15) is 23.9 Å². The van der Waals surface area contributed by atoms with Crippen LogP contribution in [0.2, 0.25) is 0 Å². The van der Waals surface area contributed by atoms with Crippen molar-refractivity contribution in [3.05, 3.63) is 89.8 Å². The molecule has 0 amide bonds. The van der Waals surface area contributed by atoms with Gasteiger partial charge in [-0.15, -0.1) is 10.2 Å². The van der Waals surface area contributed by atoms with E-state index < -0.39 is 5.97 Å². The number of aromatic carboxylic acids is 1. The van der Waals surface area contributed by atoms with Gasteiger partial charge in [0.2, 0.25) is 5.89 Å². The van der Waals surface area contributed by atoms with Gasteiger partial charge in [-0.2, -0.15) is 0 Å². The molecule has 0 fully saturated rings. The molecule has 0 unspecified atom stereocenters. The lowest BCUT2D eigenvalue weighted by Gasteiger charge is -2.13. The van der Waals surface area contributed by atoms with Crippen LogP contribution in [0.4, 0.5) is 0 Å². The van der Waals surface area contributed by atoms with Crippen molar-refractivity contribution in [2.75, 3.05) is 0 Å². The van der Waals surface area contributed by atoms with E-state index in [0.717, 1.165) is 5.56 Å². The Balaban J connectivity index is 1.64. The molecular formula is C23H18N2O5. The number of benzene rings is 3. The number of hydrogen-bond donors (Lipinski definition) is 1. The molecule has 4 aromatic rings. The highest BCUT2D eigenvalue weighted by atomic mass is 16.5. The summed E-state index contributed by atoms with van der Waals surface area (Å²) in [6.45, 7) is 2.06. The molecule has 1 N–H and O–H groups in total. The van der Waals surface area contributed by atoms with Gasteiger partial charge in [-0.1, -0.05) is 36.4 Å². The lowest BCUT2D eigenvalue weighted by molar-refractivity contribution is 0.0696. The van der Waals surface area contributed by atoms with E-state index >= 15 is 0 Å². The van der Waals surface area contributed by atoms with Crippen molar-refractivity contribution in [3.63, 3.8) is 0 Å². The Labute approximate surface area is 172 Å². The first kappa shape index (κ1) is 19.2. The highest BCUT2D eigenvalue weighted by molar-refractivity contribution is 5.88. The molecule has 0 aliphatic carbocycles. The van der Waals surface area contributed by atoms with Crippen molar-refractivity contribution in [1.29, 1.82) is 0 Å². The van der Waals surface area contributed by atoms with E-state index in [9.17, 15) is 4.79 Å². The van der Waals surface area contributed by atoms with Crippen molar-refractivity contribution >= 4 is 5.97 Å². The monoisotopic (exact) mass is 402 g/mol. The first-order valence-electron chi connectivity index (χ1n) is 9.21. The maximum Gasteiger partial charge on any atom is 0.335 e. The summed E-state index contributed by atoms with van der Waals surface area (Å²) in [7, 11) is 0. The number of aromatic nitrogens is 2. The van der Waals surface area contributed by atoms with Crippen LogP contribution in [0, 0.1) is 6.92 Å². The SMILES string of the molecule is Cc1nnc(-c2ccc(Oc3cccc(C(=O)O)c3)cc2OCc2ccccc2)o1. The predicted molar refractivity (Wildman–Crippen MR) is 109 cm³/mol. The second-order valence-corrected chi connectivity index (χ2v) is 6.49. The van der Waals surface area contributed by atoms with Crippen LogP contribution < -0.4 is 9.47 Å². The predicted octanol–water partition coefficient (Wildman–Crippen LogP) is 5.11. The largest absolute Gasteiger partial charge is 0.488 e. The fourth-order valence-corrected chi connectivity index (χ4v) is 2.83. The molecule has 0 saturated heterocycles. The summed E-state index contributed by atoms with van der Waals surface area (Å²) in [4.78, 5) is 11.2. The number of carbonyl (C=O) groups is 1. The van der Waals surface area contributed by atoms with Crippen molar-refractivity contribution in [3.8, 4) is 28.7 Å². The van der Waals surface area contributed by atoms with E-state index in [1.807, 2.05) is 30.3 Å². The highest BCUT2D eigenvalue weighted by Gasteiger charge is 2.15. The zero-order valence-electron chi connectivity index (χ0n) is 16.1. The fourth-order valence-electron chi connectivity index (χ4n) is 2.83. The van der Waals surface area contributed by atoms with Gasteiger partial charge < -0.3 is 19.0 Å². The minimum Gasteiger partial charge on any atom is -0.488 e. The quantitative estimate of drug-likeness (QED) is 0.459. The maximum absolute atomic E-state index is 11.2. The Bertz CT molecular complexity index is 1170. The minimum absolute atomic E-state index is 0.144. The second-order valence-electron chi connectivity index (χ2n) is 6.49. The second kappa shape index (κ2) is 8.48. The molecule has 0 radical (unpaired) electrons. The molecule has 0 bridgehead atoms. The van der Waals surface area contributed by atoms with Gasteiger partial charge in [0, 0.05) is 13.0 Å². The van der Waals surface area contributed by atoms with Crippen LogP contribution in [0.25, 0.3) is 11.5 Å². The van der Waals surface area contributed by atoms with Crippen molar-refractivity contribution in [1.82, 2.24) is 10.2 Å². The van der Waals surface area contributed by atoms with E-state index in [2.05, 4.69) is 10.2 Å². The molecule has 0 aliphatic heterocycles. The van der Waals surface area contributed by atoms with Crippen molar-refractivity contribution in [2.45, 2.75) is 13.5 Å². The average molecular weight is 402 g/mol. The summed E-state index contributed by atoms with van der Waals surface area (Å²) in [5, 5.41) is 17.1. The third-order valence-corrected chi connectivity index (χ3v) is 4.26. The van der Waals surface area contributed by atoms with Crippen LogP contribution in [0.15, 0.2) is 77.2 Å². The molecule has 0 spiro atoms. The molecule has 3 aromatic carbocycles. The maximum atomic E-state index is 11.2. The van der Waals surface area contributed by atoms with Gasteiger partial charge in [0.15, 0.2) is 0 Å². The number of carboxylic acid groups (broad SMARTS) is 1. The Morgan fingerprint density at radius 1 is 0.967 bits per heavy atom. The molecule has 0 aliphatic rings. The van der Waals surface area contributed by atoms with Gasteiger partial charge in [0.25, 0.3) is 5.89 Å². The summed E-state index contributed by atoms with van der Waals surface area (Å²) >= 11 is 0. The van der Waals surface area contributed by atoms with Crippen LogP contribution in [-0.4, -0.2) is 21.3 Å². The van der Waals surface area contributed by atoms with Crippen molar-refractivity contribution < 1.29 is 23.8 Å². The van der Waals surface area contributed by atoms with Crippen LogP contribution in [-0.2, 0) is 6.61 Å². The summed E-state index contributed by atoms with van der Waals surface area (Å²) in [5.74, 6) is 1.18. The Kier molecular flexibility index (Phi) is 5.43. The first-order chi connectivity index (χ1) is 14.6. The normalized spacial score (nSPS) is 10.6. The van der Waals surface area contributed by atoms with Gasteiger partial charge in [-0.05, 0) is 35.9 Å². The number of aryl methyl sites for hydroxylation is 1. The van der Waals surface area contributed by atoms with Gasteiger partial charge >= 0.3 is 5.97 Å². The number of nitrogens with zero attached hydrogens (tertiary/aromatic N) is 2. The molecule has 1 heterocycles. The standard InChI is InChI=1S/C23H18N2O5/c1-15-24-25-22(29-15)20-11-10-19(30-18-9-5-8-17(12-18)23(26)27)13-21(20)28-14-16-6-3-2-4-7-16/h2-13H,14H2,1H3,(H,26,27). The number of ether oxygens (including phenoxy) is 2. The third-order valence-electron chi connectivity index (χ3n) is 4.26. The van der Waals surface area contributed by atoms with Gasteiger partial charge in [0.05, 0.1) is 11.1 Å². The Morgan fingerprint density at radius 2 is 1.77 bits per heavy atom. The van der Waals surface area contributed by atoms with Crippen LogP contribution >= 0.6 is 0 Å². The summed E-state index contributed by atoms with van der Waals surface area (Å²) in [6.07, 6.45) is 0. The number of carboxylic acids is 1. The van der Waals surface area contributed by atoms with Crippen LogP contribution in [0.1, 0.15) is 21.8 Å². The van der Waals surface area contributed by atoms with Crippen LogP contribution in [0.5, 0.6) is 17.2 Å². The summed E-state index contributed by atoms with van der Waals surface area (Å²) in [5.41, 5.74) is 1.79. The van der Waals surface area contributed by atoms with Crippen molar-refractivity contribution in [2.24, 2.45) is 0 Å². The molecule has 4 rings (SSSR count). The Hall–Kier alpha value is -4.13. The topological polar surface area (TPSA) is 94.7 Å². The molecule has 0 saturated carbocycles. The first-order valence-corrected chi connectivity index (χ1v) is 9.21. The molecule has 1 aromatic heterocycles. The molecular weight excluding hydrogens is 384 g/mol. The lowest BCUT2D eigenvalue weighted by atomic mass is 10.1. The molecule has 7 nitrogen and oxygen atoms in total. The molecule has 30 heavy (non-hydrogen) atoms. The van der Waals surface area contributed by atoms with E-state index in [1.165, 1.54) is 12.1 Å². The zero-order chi connectivity index (χ0) is 20.9. The van der Waals surface area contributed by atoms with E-state index in [4.69, 9.17) is 19.0 Å². The Morgan fingerprint density at radius 3 is 2.50 bits per heavy atom. The van der Waals surface area contributed by atoms with E-state index in [1.54, 1.807) is 37.3 Å². The zero-order valence-corrected chi connectivity index (χ0v) is 16.1.